The van der Waals surface area contributed by atoms with E-state index in [0.717, 1.165) is 17.4 Å². The summed E-state index contributed by atoms with van der Waals surface area (Å²) in [6, 6.07) is 13.0. The molecule has 0 bridgehead atoms. The molecule has 5 nitrogen and oxygen atoms in total. The Kier molecular flexibility index (Phi) is 5.29. The van der Waals surface area contributed by atoms with Crippen LogP contribution in [0.5, 0.6) is 0 Å². The summed E-state index contributed by atoms with van der Waals surface area (Å²) < 4.78 is 24.6. The van der Waals surface area contributed by atoms with Crippen LogP contribution >= 0.6 is 0 Å². The van der Waals surface area contributed by atoms with Gasteiger partial charge < -0.3 is 5.32 Å². The molecule has 2 rings (SSSR count). The van der Waals surface area contributed by atoms with E-state index in [2.05, 4.69) is 5.32 Å². The summed E-state index contributed by atoms with van der Waals surface area (Å²) in [6.45, 7) is 4.17. The first-order valence-corrected chi connectivity index (χ1v) is 9.42. The predicted molar refractivity (Wildman–Crippen MR) is 96.8 cm³/mol. The molecule has 2 aromatic carbocycles. The molecule has 0 heterocycles. The lowest BCUT2D eigenvalue weighted by atomic mass is 10.1. The zero-order valence-electron chi connectivity index (χ0n) is 14.3. The van der Waals surface area contributed by atoms with Gasteiger partial charge in [0.1, 0.15) is 0 Å². The maximum absolute atomic E-state index is 12.5. The molecule has 0 spiro atoms. The zero-order chi connectivity index (χ0) is 17.9. The molecule has 0 fully saturated rings. The molecule has 0 atom stereocenters. The van der Waals surface area contributed by atoms with Gasteiger partial charge >= 0.3 is 0 Å². The maximum atomic E-state index is 12.5. The molecule has 2 aromatic rings. The summed E-state index contributed by atoms with van der Waals surface area (Å²) in [5.74, 6) is -0.224. The fourth-order valence-electron chi connectivity index (χ4n) is 2.49. The number of amides is 1. The van der Waals surface area contributed by atoms with Crippen molar-refractivity contribution in [1.29, 1.82) is 0 Å². The molecule has 0 aromatic heterocycles. The third-order valence-corrected chi connectivity index (χ3v) is 5.11. The van der Waals surface area contributed by atoms with Crippen LogP contribution in [0.25, 0.3) is 0 Å². The van der Waals surface area contributed by atoms with Crippen LogP contribution in [0.4, 0.5) is 5.69 Å². The standard InChI is InChI=1S/C18H22N2O3S/c1-13-7-5-8-15(11-13)12-19-18(21)16-9-6-10-17(14(16)2)20(3)24(4,22)23/h5-11H,12H2,1-4H3,(H,19,21). The zero-order valence-corrected chi connectivity index (χ0v) is 15.1. The van der Waals surface area contributed by atoms with Gasteiger partial charge in [-0.1, -0.05) is 35.9 Å². The first-order chi connectivity index (χ1) is 11.2. The molecule has 0 unspecified atom stereocenters. The normalized spacial score (nSPS) is 11.2. The molecule has 128 valence electrons. The van der Waals surface area contributed by atoms with Crippen molar-refractivity contribution < 1.29 is 13.2 Å². The number of hydrogen-bond donors (Lipinski definition) is 1. The summed E-state index contributed by atoms with van der Waals surface area (Å²) in [6.07, 6.45) is 1.14. The molecular formula is C18H22N2O3S. The van der Waals surface area contributed by atoms with Crippen LogP contribution in [-0.4, -0.2) is 27.6 Å². The average Bonchev–Trinajstić information content (AvgIpc) is 2.51. The van der Waals surface area contributed by atoms with Crippen LogP contribution in [0.15, 0.2) is 42.5 Å². The topological polar surface area (TPSA) is 66.5 Å². The Balaban J connectivity index is 2.21. The lowest BCUT2D eigenvalue weighted by Gasteiger charge is -2.20. The van der Waals surface area contributed by atoms with E-state index >= 15 is 0 Å². The van der Waals surface area contributed by atoms with Crippen molar-refractivity contribution >= 4 is 21.6 Å². The predicted octanol–water partition coefficient (Wildman–Crippen LogP) is 2.63. The second-order valence-electron chi connectivity index (χ2n) is 5.85. The van der Waals surface area contributed by atoms with Gasteiger partial charge in [0, 0.05) is 19.2 Å². The Morgan fingerprint density at radius 1 is 1.12 bits per heavy atom. The van der Waals surface area contributed by atoms with Gasteiger partial charge in [0.15, 0.2) is 0 Å². The number of hydrogen-bond acceptors (Lipinski definition) is 3. The summed E-state index contributed by atoms with van der Waals surface area (Å²) in [4.78, 5) is 12.5. The lowest BCUT2D eigenvalue weighted by molar-refractivity contribution is 0.0950. The Bertz CT molecular complexity index is 860. The number of nitrogens with one attached hydrogen (secondary N) is 1. The fourth-order valence-corrected chi connectivity index (χ4v) is 3.04. The highest BCUT2D eigenvalue weighted by Crippen LogP contribution is 2.24. The molecule has 0 aliphatic carbocycles. The molecule has 0 radical (unpaired) electrons. The number of benzene rings is 2. The van der Waals surface area contributed by atoms with Crippen LogP contribution in [0.3, 0.4) is 0 Å². The van der Waals surface area contributed by atoms with Crippen LogP contribution in [0.1, 0.15) is 27.0 Å². The number of anilines is 1. The van der Waals surface area contributed by atoms with Gasteiger partial charge in [-0.3, -0.25) is 9.10 Å². The van der Waals surface area contributed by atoms with E-state index in [9.17, 15) is 13.2 Å². The maximum Gasteiger partial charge on any atom is 0.251 e. The highest BCUT2D eigenvalue weighted by atomic mass is 32.2. The van der Waals surface area contributed by atoms with E-state index in [1.165, 1.54) is 11.4 Å². The number of rotatable bonds is 5. The van der Waals surface area contributed by atoms with Crippen molar-refractivity contribution in [2.24, 2.45) is 0 Å². The van der Waals surface area contributed by atoms with E-state index in [1.807, 2.05) is 31.2 Å². The summed E-state index contributed by atoms with van der Waals surface area (Å²) in [5, 5.41) is 2.88. The quantitative estimate of drug-likeness (QED) is 0.905. The molecule has 24 heavy (non-hydrogen) atoms. The Morgan fingerprint density at radius 2 is 1.79 bits per heavy atom. The molecule has 0 aliphatic rings. The van der Waals surface area contributed by atoms with E-state index in [1.54, 1.807) is 25.1 Å². The van der Waals surface area contributed by atoms with Crippen molar-refractivity contribution in [2.45, 2.75) is 20.4 Å². The number of sulfonamides is 1. The van der Waals surface area contributed by atoms with Gasteiger partial charge in [0.2, 0.25) is 10.0 Å². The smallest absolute Gasteiger partial charge is 0.251 e. The van der Waals surface area contributed by atoms with E-state index in [0.29, 0.717) is 23.4 Å². The van der Waals surface area contributed by atoms with Gasteiger partial charge in [0.05, 0.1) is 11.9 Å². The molecule has 0 saturated heterocycles. The Labute approximate surface area is 143 Å². The van der Waals surface area contributed by atoms with Crippen molar-refractivity contribution in [3.63, 3.8) is 0 Å². The van der Waals surface area contributed by atoms with E-state index in [-0.39, 0.29) is 5.91 Å². The minimum atomic E-state index is -3.38. The number of carbonyl (C=O) groups is 1. The van der Waals surface area contributed by atoms with Crippen LogP contribution in [0, 0.1) is 13.8 Å². The molecule has 1 N–H and O–H groups in total. The van der Waals surface area contributed by atoms with Crippen molar-refractivity contribution in [3.8, 4) is 0 Å². The number of nitrogens with zero attached hydrogens (tertiary/aromatic N) is 1. The summed E-state index contributed by atoms with van der Waals surface area (Å²) >= 11 is 0. The number of carbonyl (C=O) groups excluding carboxylic acids is 1. The summed E-state index contributed by atoms with van der Waals surface area (Å²) in [5.41, 5.74) is 3.75. The van der Waals surface area contributed by atoms with Crippen molar-refractivity contribution in [2.75, 3.05) is 17.6 Å². The molecule has 0 aliphatic heterocycles. The van der Waals surface area contributed by atoms with Gasteiger partial charge in [-0.25, -0.2) is 8.42 Å². The van der Waals surface area contributed by atoms with Gasteiger partial charge in [-0.15, -0.1) is 0 Å². The second-order valence-corrected chi connectivity index (χ2v) is 7.87. The SMILES string of the molecule is Cc1cccc(CNC(=O)c2cccc(N(C)S(C)(=O)=O)c2C)c1. The Morgan fingerprint density at radius 3 is 2.42 bits per heavy atom. The largest absolute Gasteiger partial charge is 0.348 e. The molecule has 1 amide bonds. The third kappa shape index (κ3) is 4.14. The van der Waals surface area contributed by atoms with E-state index < -0.39 is 10.0 Å². The molecule has 0 saturated carbocycles. The van der Waals surface area contributed by atoms with Crippen molar-refractivity contribution in [1.82, 2.24) is 5.32 Å². The number of aryl methyl sites for hydroxylation is 1. The first kappa shape index (κ1) is 18.0. The molecule has 6 heteroatoms. The van der Waals surface area contributed by atoms with Crippen molar-refractivity contribution in [3.05, 3.63) is 64.7 Å². The summed E-state index contributed by atoms with van der Waals surface area (Å²) in [7, 11) is -1.90. The van der Waals surface area contributed by atoms with Crippen LogP contribution in [-0.2, 0) is 16.6 Å². The van der Waals surface area contributed by atoms with Gasteiger partial charge in [0.25, 0.3) is 5.91 Å². The monoisotopic (exact) mass is 346 g/mol. The van der Waals surface area contributed by atoms with E-state index in [4.69, 9.17) is 0 Å². The minimum Gasteiger partial charge on any atom is -0.348 e. The lowest BCUT2D eigenvalue weighted by Crippen LogP contribution is -2.28. The van der Waals surface area contributed by atoms with Crippen LogP contribution in [0.2, 0.25) is 0 Å². The van der Waals surface area contributed by atoms with Crippen LogP contribution < -0.4 is 9.62 Å². The highest BCUT2D eigenvalue weighted by molar-refractivity contribution is 7.92. The first-order valence-electron chi connectivity index (χ1n) is 7.57. The molecular weight excluding hydrogens is 324 g/mol. The second kappa shape index (κ2) is 7.05. The minimum absolute atomic E-state index is 0.224. The third-order valence-electron chi connectivity index (χ3n) is 3.92. The van der Waals surface area contributed by atoms with Gasteiger partial charge in [-0.2, -0.15) is 0 Å². The van der Waals surface area contributed by atoms with Gasteiger partial charge in [-0.05, 0) is 37.1 Å². The fraction of sp³-hybridized carbons (Fsp3) is 0.278. The average molecular weight is 346 g/mol. The Hall–Kier alpha value is -2.34. The highest BCUT2D eigenvalue weighted by Gasteiger charge is 2.18.